The Morgan fingerprint density at radius 3 is 2.70 bits per heavy atom. The van der Waals surface area contributed by atoms with Crippen LogP contribution in [0.15, 0.2) is 0 Å². The Kier molecular flexibility index (Phi) is 5.44. The van der Waals surface area contributed by atoms with Gasteiger partial charge in [0.25, 0.3) is 0 Å². The van der Waals surface area contributed by atoms with Gasteiger partial charge in [-0.15, -0.1) is 0 Å². The summed E-state index contributed by atoms with van der Waals surface area (Å²) in [5.41, 5.74) is -0.500. The zero-order valence-corrected chi connectivity index (χ0v) is 13.3. The van der Waals surface area contributed by atoms with Crippen molar-refractivity contribution in [2.45, 2.75) is 76.9 Å². The molecule has 1 aliphatic carbocycles. The number of esters is 1. The van der Waals surface area contributed by atoms with E-state index in [0.29, 0.717) is 18.7 Å². The predicted octanol–water partition coefficient (Wildman–Crippen LogP) is 2.32. The Morgan fingerprint density at radius 1 is 1.40 bits per heavy atom. The Morgan fingerprint density at radius 2 is 2.15 bits per heavy atom. The smallest absolute Gasteiger partial charge is 0.326 e. The first-order valence-electron chi connectivity index (χ1n) is 8.24. The molecule has 1 N–H and O–H groups in total. The third-order valence-electron chi connectivity index (χ3n) is 4.64. The molecule has 2 atom stereocenters. The highest BCUT2D eigenvalue weighted by Gasteiger charge is 2.39. The quantitative estimate of drug-likeness (QED) is 0.694. The van der Waals surface area contributed by atoms with E-state index < -0.39 is 5.54 Å². The SMILES string of the molecule is CCOC(=O)C(C)(CCCN1CCCC1C)NC1CC1. The van der Waals surface area contributed by atoms with Crippen LogP contribution in [0.2, 0.25) is 0 Å². The van der Waals surface area contributed by atoms with Crippen LogP contribution in [-0.2, 0) is 9.53 Å². The summed E-state index contributed by atoms with van der Waals surface area (Å²) in [5.74, 6) is -0.0821. The molecule has 4 nitrogen and oxygen atoms in total. The second-order valence-corrected chi connectivity index (χ2v) is 6.60. The predicted molar refractivity (Wildman–Crippen MR) is 80.7 cm³/mol. The summed E-state index contributed by atoms with van der Waals surface area (Å²) in [7, 11) is 0. The molecule has 0 spiro atoms. The second-order valence-electron chi connectivity index (χ2n) is 6.60. The molecule has 116 valence electrons. The third kappa shape index (κ3) is 4.19. The zero-order valence-electron chi connectivity index (χ0n) is 13.3. The lowest BCUT2D eigenvalue weighted by molar-refractivity contribution is -0.151. The molecule has 0 aromatic heterocycles. The van der Waals surface area contributed by atoms with Gasteiger partial charge in [-0.2, -0.15) is 0 Å². The Bertz CT molecular complexity index is 330. The van der Waals surface area contributed by atoms with E-state index in [-0.39, 0.29) is 5.97 Å². The third-order valence-corrected chi connectivity index (χ3v) is 4.64. The van der Waals surface area contributed by atoms with Gasteiger partial charge in [-0.3, -0.25) is 10.1 Å². The molecule has 1 saturated heterocycles. The normalized spacial score (nSPS) is 26.4. The molecule has 0 radical (unpaired) electrons. The molecule has 0 aromatic rings. The van der Waals surface area contributed by atoms with Gasteiger partial charge in [-0.1, -0.05) is 0 Å². The minimum absolute atomic E-state index is 0.0821. The van der Waals surface area contributed by atoms with Crippen molar-refractivity contribution in [3.63, 3.8) is 0 Å². The maximum atomic E-state index is 12.2. The van der Waals surface area contributed by atoms with Crippen LogP contribution in [0.3, 0.4) is 0 Å². The van der Waals surface area contributed by atoms with Crippen LogP contribution >= 0.6 is 0 Å². The zero-order chi connectivity index (χ0) is 14.6. The van der Waals surface area contributed by atoms with Gasteiger partial charge < -0.3 is 9.64 Å². The summed E-state index contributed by atoms with van der Waals surface area (Å²) in [6, 6.07) is 1.23. The molecule has 2 rings (SSSR count). The fourth-order valence-electron chi connectivity index (χ4n) is 3.16. The fraction of sp³-hybridized carbons (Fsp3) is 0.938. The summed E-state index contributed by atoms with van der Waals surface area (Å²) >= 11 is 0. The van der Waals surface area contributed by atoms with E-state index in [4.69, 9.17) is 4.74 Å². The molecule has 0 amide bonds. The molecule has 0 aromatic carbocycles. The largest absolute Gasteiger partial charge is 0.465 e. The average molecular weight is 282 g/mol. The fourth-order valence-corrected chi connectivity index (χ4v) is 3.16. The highest BCUT2D eigenvalue weighted by atomic mass is 16.5. The van der Waals surface area contributed by atoms with E-state index in [1.807, 2.05) is 13.8 Å². The Hall–Kier alpha value is -0.610. The monoisotopic (exact) mass is 282 g/mol. The van der Waals surface area contributed by atoms with Gasteiger partial charge in [0.1, 0.15) is 5.54 Å². The first-order chi connectivity index (χ1) is 9.55. The van der Waals surface area contributed by atoms with E-state index in [9.17, 15) is 4.79 Å². The van der Waals surface area contributed by atoms with Gasteiger partial charge in [0.05, 0.1) is 6.61 Å². The van der Waals surface area contributed by atoms with Crippen LogP contribution in [-0.4, -0.2) is 48.2 Å². The van der Waals surface area contributed by atoms with Crippen molar-refractivity contribution in [2.75, 3.05) is 19.7 Å². The van der Waals surface area contributed by atoms with Gasteiger partial charge in [-0.05, 0) is 72.4 Å². The maximum Gasteiger partial charge on any atom is 0.326 e. The molecule has 20 heavy (non-hydrogen) atoms. The first-order valence-corrected chi connectivity index (χ1v) is 8.24. The summed E-state index contributed by atoms with van der Waals surface area (Å²) in [5, 5.41) is 3.50. The van der Waals surface area contributed by atoms with E-state index in [2.05, 4.69) is 17.1 Å². The van der Waals surface area contributed by atoms with Crippen LogP contribution in [0.4, 0.5) is 0 Å². The molecule has 0 bridgehead atoms. The number of hydrogen-bond donors (Lipinski definition) is 1. The van der Waals surface area contributed by atoms with Crippen molar-refractivity contribution in [1.82, 2.24) is 10.2 Å². The van der Waals surface area contributed by atoms with Gasteiger partial charge in [0.15, 0.2) is 0 Å². The van der Waals surface area contributed by atoms with E-state index in [0.717, 1.165) is 19.4 Å². The minimum Gasteiger partial charge on any atom is -0.465 e. The minimum atomic E-state index is -0.500. The molecule has 1 saturated carbocycles. The van der Waals surface area contributed by atoms with Crippen LogP contribution < -0.4 is 5.32 Å². The van der Waals surface area contributed by atoms with Gasteiger partial charge >= 0.3 is 5.97 Å². The molecule has 1 aliphatic heterocycles. The number of rotatable bonds is 8. The van der Waals surface area contributed by atoms with Crippen LogP contribution in [0.5, 0.6) is 0 Å². The Balaban J connectivity index is 1.81. The van der Waals surface area contributed by atoms with Crippen molar-refractivity contribution in [2.24, 2.45) is 0 Å². The van der Waals surface area contributed by atoms with Crippen molar-refractivity contribution in [1.29, 1.82) is 0 Å². The molecular weight excluding hydrogens is 252 g/mol. The number of ether oxygens (including phenoxy) is 1. The highest BCUT2D eigenvalue weighted by molar-refractivity contribution is 5.80. The van der Waals surface area contributed by atoms with Gasteiger partial charge in [-0.25, -0.2) is 0 Å². The number of hydrogen-bond acceptors (Lipinski definition) is 4. The lowest BCUT2D eigenvalue weighted by atomic mass is 9.95. The molecule has 2 fully saturated rings. The molecular formula is C16H30N2O2. The van der Waals surface area contributed by atoms with Crippen LogP contribution in [0, 0.1) is 0 Å². The lowest BCUT2D eigenvalue weighted by Gasteiger charge is -2.30. The van der Waals surface area contributed by atoms with Gasteiger partial charge in [0, 0.05) is 12.1 Å². The number of nitrogens with one attached hydrogen (secondary N) is 1. The van der Waals surface area contributed by atoms with Crippen LogP contribution in [0.25, 0.3) is 0 Å². The van der Waals surface area contributed by atoms with E-state index >= 15 is 0 Å². The second kappa shape index (κ2) is 6.90. The van der Waals surface area contributed by atoms with E-state index in [1.165, 1.54) is 32.2 Å². The number of likely N-dealkylation sites (tertiary alicyclic amines) is 1. The van der Waals surface area contributed by atoms with Crippen molar-refractivity contribution >= 4 is 5.97 Å². The van der Waals surface area contributed by atoms with Crippen molar-refractivity contribution < 1.29 is 9.53 Å². The summed E-state index contributed by atoms with van der Waals surface area (Å²) in [6.45, 7) is 8.97. The summed E-state index contributed by atoms with van der Waals surface area (Å²) < 4.78 is 5.26. The van der Waals surface area contributed by atoms with Gasteiger partial charge in [0.2, 0.25) is 0 Å². The standard InChI is InChI=1S/C16H30N2O2/c1-4-20-15(19)16(3,17-14-8-9-14)10-6-12-18-11-5-7-13(18)2/h13-14,17H,4-12H2,1-3H3. The van der Waals surface area contributed by atoms with Crippen LogP contribution in [0.1, 0.15) is 59.3 Å². The molecule has 2 unspecified atom stereocenters. The topological polar surface area (TPSA) is 41.6 Å². The van der Waals surface area contributed by atoms with Crippen molar-refractivity contribution in [3.8, 4) is 0 Å². The first kappa shape index (κ1) is 15.8. The molecule has 2 aliphatic rings. The maximum absolute atomic E-state index is 12.2. The number of carbonyl (C=O) groups is 1. The summed E-state index contributed by atoms with van der Waals surface area (Å²) in [6.07, 6.45) is 6.94. The number of carbonyl (C=O) groups excluding carboxylic acids is 1. The lowest BCUT2D eigenvalue weighted by Crippen LogP contribution is -2.51. The summed E-state index contributed by atoms with van der Waals surface area (Å²) in [4.78, 5) is 14.8. The van der Waals surface area contributed by atoms with Crippen molar-refractivity contribution in [3.05, 3.63) is 0 Å². The Labute approximate surface area is 123 Å². The average Bonchev–Trinajstić information content (AvgIpc) is 3.12. The number of nitrogens with zero attached hydrogens (tertiary/aromatic N) is 1. The highest BCUT2D eigenvalue weighted by Crippen LogP contribution is 2.26. The van der Waals surface area contributed by atoms with E-state index in [1.54, 1.807) is 0 Å². The molecule has 4 heteroatoms. The molecule has 1 heterocycles.